The van der Waals surface area contributed by atoms with Gasteiger partial charge in [-0.25, -0.2) is 9.79 Å². The smallest absolute Gasteiger partial charge is 0.338 e. The molecule has 1 aliphatic heterocycles. The predicted octanol–water partition coefficient (Wildman–Crippen LogP) is 4.89. The molecule has 0 spiro atoms. The van der Waals surface area contributed by atoms with Crippen LogP contribution in [0.25, 0.3) is 17.4 Å². The van der Waals surface area contributed by atoms with Crippen molar-refractivity contribution in [3.63, 3.8) is 0 Å². The highest BCUT2D eigenvalue weighted by atomic mass is 79.9. The largest absolute Gasteiger partial charge is 0.463 e. The number of ether oxygens (including phenoxy) is 1. The number of nitrogens with zero attached hydrogens (tertiary/aromatic N) is 3. The second-order valence-electron chi connectivity index (χ2n) is 9.00. The van der Waals surface area contributed by atoms with E-state index in [1.807, 2.05) is 79.7 Å². The van der Waals surface area contributed by atoms with E-state index in [0.29, 0.717) is 32.1 Å². The van der Waals surface area contributed by atoms with Gasteiger partial charge < -0.3 is 14.1 Å². The number of thiazole rings is 1. The van der Waals surface area contributed by atoms with Crippen molar-refractivity contribution >= 4 is 45.0 Å². The van der Waals surface area contributed by atoms with Gasteiger partial charge in [0.15, 0.2) is 4.80 Å². The summed E-state index contributed by atoms with van der Waals surface area (Å²) < 4.78 is 14.4. The van der Waals surface area contributed by atoms with Crippen molar-refractivity contribution in [1.82, 2.24) is 4.57 Å². The maximum atomic E-state index is 13.8. The highest BCUT2D eigenvalue weighted by Gasteiger charge is 2.33. The maximum absolute atomic E-state index is 13.8. The molecule has 38 heavy (non-hydrogen) atoms. The number of benzene rings is 2. The van der Waals surface area contributed by atoms with Gasteiger partial charge in [0.25, 0.3) is 5.56 Å². The first-order chi connectivity index (χ1) is 18.3. The fourth-order valence-electron chi connectivity index (χ4n) is 4.39. The minimum atomic E-state index is -0.654. The van der Waals surface area contributed by atoms with Gasteiger partial charge in [0.05, 0.1) is 28.5 Å². The Morgan fingerprint density at radius 2 is 1.84 bits per heavy atom. The molecule has 5 rings (SSSR count). The normalized spacial score (nSPS) is 15.3. The van der Waals surface area contributed by atoms with Gasteiger partial charge in [-0.15, -0.1) is 0 Å². The highest BCUT2D eigenvalue weighted by Crippen LogP contribution is 2.31. The standard InChI is InChI=1S/C29H26BrN3O4S/c1-5-36-28(35)25-17(2)31-29-33(26(25)19-8-12-21(13-9-19)32(3)4)27(34)24(38-29)16-22-14-15-23(37-22)18-6-10-20(30)11-7-18/h6-16,26H,5H2,1-4H3. The number of esters is 1. The molecule has 1 unspecified atom stereocenters. The van der Waals surface area contributed by atoms with Gasteiger partial charge in [0, 0.05) is 35.9 Å². The highest BCUT2D eigenvalue weighted by molar-refractivity contribution is 9.10. The lowest BCUT2D eigenvalue weighted by atomic mass is 9.95. The zero-order valence-electron chi connectivity index (χ0n) is 21.4. The molecule has 0 bridgehead atoms. The number of carbonyl (C=O) groups is 1. The second-order valence-corrected chi connectivity index (χ2v) is 10.9. The Kier molecular flexibility index (Phi) is 7.23. The number of aromatic nitrogens is 1. The summed E-state index contributed by atoms with van der Waals surface area (Å²) in [7, 11) is 3.92. The molecule has 1 aliphatic rings. The fourth-order valence-corrected chi connectivity index (χ4v) is 5.68. The lowest BCUT2D eigenvalue weighted by molar-refractivity contribution is -0.139. The van der Waals surface area contributed by atoms with E-state index in [4.69, 9.17) is 9.15 Å². The van der Waals surface area contributed by atoms with Crippen molar-refractivity contribution in [1.29, 1.82) is 0 Å². The van der Waals surface area contributed by atoms with Gasteiger partial charge in [-0.3, -0.25) is 9.36 Å². The van der Waals surface area contributed by atoms with E-state index in [1.54, 1.807) is 24.5 Å². The number of hydrogen-bond donors (Lipinski definition) is 0. The summed E-state index contributed by atoms with van der Waals surface area (Å²) in [6, 6.07) is 18.7. The van der Waals surface area contributed by atoms with Crippen molar-refractivity contribution in [2.75, 3.05) is 25.6 Å². The summed E-state index contributed by atoms with van der Waals surface area (Å²) in [5.41, 5.74) is 3.40. The summed E-state index contributed by atoms with van der Waals surface area (Å²) in [5.74, 6) is 0.784. The van der Waals surface area contributed by atoms with Crippen LogP contribution in [-0.2, 0) is 9.53 Å². The number of furan rings is 1. The average Bonchev–Trinajstić information content (AvgIpc) is 3.48. The summed E-state index contributed by atoms with van der Waals surface area (Å²) in [4.78, 5) is 34.0. The Morgan fingerprint density at radius 3 is 2.50 bits per heavy atom. The third-order valence-corrected chi connectivity index (χ3v) is 7.78. The lowest BCUT2D eigenvalue weighted by Gasteiger charge is -2.25. The molecule has 0 fully saturated rings. The Morgan fingerprint density at radius 1 is 1.13 bits per heavy atom. The third-order valence-electron chi connectivity index (χ3n) is 6.27. The van der Waals surface area contributed by atoms with Crippen LogP contribution < -0.4 is 19.8 Å². The van der Waals surface area contributed by atoms with Gasteiger partial charge in [0.1, 0.15) is 11.5 Å². The molecule has 3 heterocycles. The molecular formula is C29H26BrN3O4S. The molecule has 1 atom stereocenters. The molecule has 0 saturated carbocycles. The van der Waals surface area contributed by atoms with Crippen LogP contribution in [0.3, 0.4) is 0 Å². The van der Waals surface area contributed by atoms with Gasteiger partial charge in [-0.2, -0.15) is 0 Å². The van der Waals surface area contributed by atoms with Crippen LogP contribution in [0.2, 0.25) is 0 Å². The average molecular weight is 593 g/mol. The Labute approximate surface area is 232 Å². The van der Waals surface area contributed by atoms with Crippen molar-refractivity contribution in [3.8, 4) is 11.3 Å². The zero-order valence-corrected chi connectivity index (χ0v) is 23.8. The molecule has 2 aromatic heterocycles. The minimum absolute atomic E-state index is 0.228. The number of hydrogen-bond acceptors (Lipinski definition) is 7. The van der Waals surface area contributed by atoms with Gasteiger partial charge in [-0.1, -0.05) is 51.5 Å². The molecule has 194 valence electrons. The van der Waals surface area contributed by atoms with Crippen LogP contribution in [-0.4, -0.2) is 31.2 Å². The number of anilines is 1. The summed E-state index contributed by atoms with van der Waals surface area (Å²) >= 11 is 4.71. The maximum Gasteiger partial charge on any atom is 0.338 e. The quantitative estimate of drug-likeness (QED) is 0.298. The zero-order chi connectivity index (χ0) is 27.0. The first-order valence-corrected chi connectivity index (χ1v) is 13.7. The first-order valence-electron chi connectivity index (χ1n) is 12.1. The third kappa shape index (κ3) is 4.91. The summed E-state index contributed by atoms with van der Waals surface area (Å²) in [6.45, 7) is 3.77. The van der Waals surface area contributed by atoms with Gasteiger partial charge in [0.2, 0.25) is 0 Å². The van der Waals surface area contributed by atoms with E-state index in [-0.39, 0.29) is 12.2 Å². The second kappa shape index (κ2) is 10.6. The molecule has 4 aromatic rings. The van der Waals surface area contributed by atoms with Gasteiger partial charge >= 0.3 is 5.97 Å². The minimum Gasteiger partial charge on any atom is -0.463 e. The SMILES string of the molecule is CCOC(=O)C1=C(C)N=c2sc(=Cc3ccc(-c4ccc(Br)cc4)o3)c(=O)n2C1c1ccc(N(C)C)cc1. The molecule has 0 saturated heterocycles. The van der Waals surface area contributed by atoms with E-state index in [9.17, 15) is 9.59 Å². The van der Waals surface area contributed by atoms with Crippen LogP contribution in [0.15, 0.2) is 90.6 Å². The van der Waals surface area contributed by atoms with Crippen molar-refractivity contribution in [2.24, 2.45) is 4.99 Å². The van der Waals surface area contributed by atoms with E-state index in [1.165, 1.54) is 11.3 Å². The number of allylic oxidation sites excluding steroid dienone is 1. The topological polar surface area (TPSA) is 77.0 Å². The monoisotopic (exact) mass is 591 g/mol. The van der Waals surface area contributed by atoms with Crippen molar-refractivity contribution in [2.45, 2.75) is 19.9 Å². The van der Waals surface area contributed by atoms with Gasteiger partial charge in [-0.05, 0) is 55.8 Å². The first kappa shape index (κ1) is 25.9. The Hall–Kier alpha value is -3.69. The molecular weight excluding hydrogens is 566 g/mol. The van der Waals surface area contributed by atoms with Crippen molar-refractivity contribution < 1.29 is 13.9 Å². The van der Waals surface area contributed by atoms with Crippen LogP contribution in [0.1, 0.15) is 31.2 Å². The van der Waals surface area contributed by atoms with E-state index < -0.39 is 12.0 Å². The molecule has 0 aliphatic carbocycles. The number of halogens is 1. The Balaban J connectivity index is 1.62. The summed E-state index contributed by atoms with van der Waals surface area (Å²) in [5, 5.41) is 0. The van der Waals surface area contributed by atoms with E-state index >= 15 is 0 Å². The van der Waals surface area contributed by atoms with Crippen molar-refractivity contribution in [3.05, 3.63) is 107 Å². The van der Waals surface area contributed by atoms with E-state index in [2.05, 4.69) is 20.9 Å². The molecule has 2 aromatic carbocycles. The molecule has 7 nitrogen and oxygen atoms in total. The van der Waals surface area contributed by atoms with E-state index in [0.717, 1.165) is 21.3 Å². The molecule has 0 radical (unpaired) electrons. The molecule has 0 N–H and O–H groups in total. The number of fused-ring (bicyclic) bond motifs is 1. The van der Waals surface area contributed by atoms with Crippen LogP contribution >= 0.6 is 27.3 Å². The fraction of sp³-hybridized carbons (Fsp3) is 0.207. The molecule has 9 heteroatoms. The summed E-state index contributed by atoms with van der Waals surface area (Å²) in [6.07, 6.45) is 1.72. The number of carbonyl (C=O) groups excluding carboxylic acids is 1. The lowest BCUT2D eigenvalue weighted by Crippen LogP contribution is -2.39. The predicted molar refractivity (Wildman–Crippen MR) is 153 cm³/mol. The van der Waals surface area contributed by atoms with Crippen LogP contribution in [0.5, 0.6) is 0 Å². The van der Waals surface area contributed by atoms with Crippen LogP contribution in [0, 0.1) is 0 Å². The molecule has 0 amide bonds. The number of rotatable bonds is 6. The Bertz CT molecular complexity index is 1710. The van der Waals surface area contributed by atoms with Crippen LogP contribution in [0.4, 0.5) is 5.69 Å².